The molecule has 0 N–H and O–H groups in total. The Labute approximate surface area is 168 Å². The van der Waals surface area contributed by atoms with Gasteiger partial charge in [-0.25, -0.2) is 0 Å². The molecule has 5 heteroatoms. The highest BCUT2D eigenvalue weighted by Crippen LogP contribution is 2.45. The highest BCUT2D eigenvalue weighted by molar-refractivity contribution is 5.86. The van der Waals surface area contributed by atoms with Crippen LogP contribution in [0, 0.1) is 18.3 Å². The molecule has 1 atom stereocenters. The van der Waals surface area contributed by atoms with E-state index in [9.17, 15) is 9.59 Å². The van der Waals surface area contributed by atoms with Crippen LogP contribution in [0.4, 0.5) is 0 Å². The topological polar surface area (TPSA) is 49.9 Å². The van der Waals surface area contributed by atoms with Gasteiger partial charge in [0.15, 0.2) is 0 Å². The van der Waals surface area contributed by atoms with E-state index >= 15 is 0 Å². The average molecular weight is 385 g/mol. The van der Waals surface area contributed by atoms with Gasteiger partial charge < -0.3 is 14.5 Å². The van der Waals surface area contributed by atoms with Gasteiger partial charge in [0.2, 0.25) is 11.8 Å². The number of hydrogen-bond donors (Lipinski definition) is 0. The summed E-state index contributed by atoms with van der Waals surface area (Å²) in [5.41, 5.74) is 1.36. The summed E-state index contributed by atoms with van der Waals surface area (Å²) in [6, 6.07) is 8.09. The van der Waals surface area contributed by atoms with Gasteiger partial charge in [-0.2, -0.15) is 0 Å². The summed E-state index contributed by atoms with van der Waals surface area (Å²) in [4.78, 5) is 29.1. The van der Waals surface area contributed by atoms with Crippen LogP contribution in [0.5, 0.6) is 5.75 Å². The lowest BCUT2D eigenvalue weighted by atomic mass is 9.85. The van der Waals surface area contributed by atoms with Crippen LogP contribution in [0.1, 0.15) is 50.5 Å². The third-order valence-corrected chi connectivity index (χ3v) is 6.74. The summed E-state index contributed by atoms with van der Waals surface area (Å²) in [7, 11) is 0. The monoisotopic (exact) mass is 384 g/mol. The molecule has 3 fully saturated rings. The number of likely N-dealkylation sites (tertiary alicyclic amines) is 2. The van der Waals surface area contributed by atoms with Crippen molar-refractivity contribution in [2.24, 2.45) is 11.3 Å². The van der Waals surface area contributed by atoms with E-state index in [-0.39, 0.29) is 23.8 Å². The van der Waals surface area contributed by atoms with Crippen molar-refractivity contribution in [2.75, 3.05) is 32.8 Å². The van der Waals surface area contributed by atoms with Crippen molar-refractivity contribution >= 4 is 11.8 Å². The molecular weight excluding hydrogens is 352 g/mol. The Morgan fingerprint density at radius 2 is 2.07 bits per heavy atom. The van der Waals surface area contributed by atoms with Gasteiger partial charge in [-0.05, 0) is 55.7 Å². The number of rotatable bonds is 5. The van der Waals surface area contributed by atoms with Crippen LogP contribution in [0.2, 0.25) is 0 Å². The quantitative estimate of drug-likeness (QED) is 0.782. The highest BCUT2D eigenvalue weighted by Gasteiger charge is 2.45. The van der Waals surface area contributed by atoms with Crippen molar-refractivity contribution in [3.63, 3.8) is 0 Å². The minimum Gasteiger partial charge on any atom is -0.493 e. The van der Waals surface area contributed by atoms with Gasteiger partial charge in [-0.15, -0.1) is 0 Å². The van der Waals surface area contributed by atoms with Gasteiger partial charge in [0.05, 0.1) is 13.2 Å². The molecule has 28 heavy (non-hydrogen) atoms. The normalized spacial score (nSPS) is 24.2. The second-order valence-corrected chi connectivity index (χ2v) is 9.11. The van der Waals surface area contributed by atoms with E-state index in [1.54, 1.807) is 0 Å². The fourth-order valence-electron chi connectivity index (χ4n) is 5.20. The number of aryl methyl sites for hydroxylation is 1. The maximum absolute atomic E-state index is 12.9. The molecule has 1 saturated carbocycles. The number of benzene rings is 1. The molecule has 0 unspecified atom stereocenters. The van der Waals surface area contributed by atoms with Gasteiger partial charge in [0, 0.05) is 32.0 Å². The Bertz CT molecular complexity index is 726. The van der Waals surface area contributed by atoms with Crippen LogP contribution in [-0.2, 0) is 9.59 Å². The first kappa shape index (κ1) is 19.3. The molecule has 3 aliphatic rings. The van der Waals surface area contributed by atoms with Crippen molar-refractivity contribution in [3.8, 4) is 5.75 Å². The Hall–Kier alpha value is -2.04. The zero-order valence-electron chi connectivity index (χ0n) is 17.0. The number of amides is 2. The fourth-order valence-corrected chi connectivity index (χ4v) is 5.20. The van der Waals surface area contributed by atoms with E-state index < -0.39 is 0 Å². The molecule has 1 aliphatic carbocycles. The molecule has 1 aromatic rings. The third kappa shape index (κ3) is 4.34. The molecule has 0 radical (unpaired) electrons. The standard InChI is InChI=1S/C23H32N2O3/c1-18-6-4-8-20(12-18)28-16-19-7-5-11-24(14-19)22(27)15-25-17-23(13-21(25)26)9-2-3-10-23/h4,6,8,12,19H,2-3,5,7,9-11,13-17H2,1H3/t19-/m0/s1. The number of hydrogen-bond acceptors (Lipinski definition) is 3. The van der Waals surface area contributed by atoms with Crippen molar-refractivity contribution in [1.82, 2.24) is 9.80 Å². The number of ether oxygens (including phenoxy) is 1. The summed E-state index contributed by atoms with van der Waals surface area (Å²) in [6.07, 6.45) is 7.48. The van der Waals surface area contributed by atoms with E-state index in [4.69, 9.17) is 4.74 Å². The molecule has 0 bridgehead atoms. The zero-order valence-corrected chi connectivity index (χ0v) is 17.0. The predicted octanol–water partition coefficient (Wildman–Crippen LogP) is 3.41. The first-order chi connectivity index (χ1) is 13.5. The molecule has 2 amide bonds. The van der Waals surface area contributed by atoms with Crippen molar-refractivity contribution < 1.29 is 14.3 Å². The largest absolute Gasteiger partial charge is 0.493 e. The Morgan fingerprint density at radius 3 is 2.86 bits per heavy atom. The lowest BCUT2D eigenvalue weighted by Crippen LogP contribution is -2.46. The van der Waals surface area contributed by atoms with Crippen LogP contribution >= 0.6 is 0 Å². The molecule has 1 aromatic carbocycles. The van der Waals surface area contributed by atoms with E-state index in [0.29, 0.717) is 18.9 Å². The minimum atomic E-state index is 0.101. The first-order valence-electron chi connectivity index (χ1n) is 10.8. The summed E-state index contributed by atoms with van der Waals surface area (Å²) >= 11 is 0. The van der Waals surface area contributed by atoms with Gasteiger partial charge in [0.1, 0.15) is 5.75 Å². The number of piperidine rings is 1. The SMILES string of the molecule is Cc1cccc(OC[C@H]2CCCN(C(=O)CN3CC4(CCCC4)CC3=O)C2)c1. The molecule has 2 heterocycles. The summed E-state index contributed by atoms with van der Waals surface area (Å²) in [5.74, 6) is 1.52. The van der Waals surface area contributed by atoms with E-state index in [1.807, 2.05) is 28.0 Å². The second-order valence-electron chi connectivity index (χ2n) is 9.11. The molecule has 2 saturated heterocycles. The van der Waals surface area contributed by atoms with Gasteiger partial charge in [0.25, 0.3) is 0 Å². The van der Waals surface area contributed by atoms with E-state index in [1.165, 1.54) is 18.4 Å². The molecule has 0 aromatic heterocycles. The smallest absolute Gasteiger partial charge is 0.242 e. The zero-order chi connectivity index (χ0) is 19.6. The second kappa shape index (κ2) is 8.14. The van der Waals surface area contributed by atoms with Gasteiger partial charge in [-0.1, -0.05) is 25.0 Å². The van der Waals surface area contributed by atoms with Crippen molar-refractivity contribution in [2.45, 2.75) is 51.9 Å². The molecule has 1 spiro atoms. The van der Waals surface area contributed by atoms with Crippen molar-refractivity contribution in [1.29, 1.82) is 0 Å². The van der Waals surface area contributed by atoms with Crippen molar-refractivity contribution in [3.05, 3.63) is 29.8 Å². The third-order valence-electron chi connectivity index (χ3n) is 6.74. The number of carbonyl (C=O) groups is 2. The Morgan fingerprint density at radius 1 is 1.25 bits per heavy atom. The van der Waals surface area contributed by atoms with Crippen LogP contribution in [0.3, 0.4) is 0 Å². The molecule has 5 nitrogen and oxygen atoms in total. The van der Waals surface area contributed by atoms with Crippen LogP contribution in [0.25, 0.3) is 0 Å². The van der Waals surface area contributed by atoms with E-state index in [2.05, 4.69) is 13.0 Å². The van der Waals surface area contributed by atoms with Gasteiger partial charge >= 0.3 is 0 Å². The lowest BCUT2D eigenvalue weighted by molar-refractivity contribution is -0.139. The summed E-state index contributed by atoms with van der Waals surface area (Å²) in [5, 5.41) is 0. The fraction of sp³-hybridized carbons (Fsp3) is 0.652. The Kier molecular flexibility index (Phi) is 5.61. The highest BCUT2D eigenvalue weighted by atomic mass is 16.5. The molecule has 2 aliphatic heterocycles. The lowest BCUT2D eigenvalue weighted by Gasteiger charge is -2.34. The maximum Gasteiger partial charge on any atom is 0.242 e. The number of carbonyl (C=O) groups excluding carboxylic acids is 2. The molecule has 152 valence electrons. The van der Waals surface area contributed by atoms with Crippen LogP contribution in [-0.4, -0.2) is 54.4 Å². The van der Waals surface area contributed by atoms with Crippen LogP contribution < -0.4 is 4.74 Å². The number of nitrogens with zero attached hydrogens (tertiary/aromatic N) is 2. The first-order valence-corrected chi connectivity index (χ1v) is 10.8. The maximum atomic E-state index is 12.9. The average Bonchev–Trinajstić information content (AvgIpc) is 3.26. The molecular formula is C23H32N2O3. The summed E-state index contributed by atoms with van der Waals surface area (Å²) < 4.78 is 5.97. The van der Waals surface area contributed by atoms with Crippen LogP contribution in [0.15, 0.2) is 24.3 Å². The van der Waals surface area contributed by atoms with Gasteiger partial charge in [-0.3, -0.25) is 9.59 Å². The Balaban J connectivity index is 1.28. The molecule has 4 rings (SSSR count). The predicted molar refractivity (Wildman–Crippen MR) is 108 cm³/mol. The summed E-state index contributed by atoms with van der Waals surface area (Å²) in [6.45, 7) is 5.27. The van der Waals surface area contributed by atoms with E-state index in [0.717, 1.165) is 51.1 Å². The minimum absolute atomic E-state index is 0.101.